The lowest BCUT2D eigenvalue weighted by atomic mass is 10.2. The minimum absolute atomic E-state index is 0.555. The molecule has 7 heteroatoms. The molecule has 24 heavy (non-hydrogen) atoms. The van der Waals surface area contributed by atoms with E-state index in [0.717, 1.165) is 32.7 Å². The molecule has 0 amide bonds. The van der Waals surface area contributed by atoms with Crippen LogP contribution in [-0.4, -0.2) is 26.6 Å². The van der Waals surface area contributed by atoms with E-state index in [9.17, 15) is 0 Å². The molecule has 0 aliphatic carbocycles. The summed E-state index contributed by atoms with van der Waals surface area (Å²) in [5, 5.41) is 9.97. The smallest absolute Gasteiger partial charge is 0.257 e. The molecule has 2 heterocycles. The molecule has 0 spiro atoms. The van der Waals surface area contributed by atoms with Gasteiger partial charge in [-0.05, 0) is 43.3 Å². The van der Waals surface area contributed by atoms with Gasteiger partial charge in [-0.3, -0.25) is 4.40 Å². The van der Waals surface area contributed by atoms with Gasteiger partial charge in [0.15, 0.2) is 0 Å². The molecule has 120 valence electrons. The monoisotopic (exact) mass is 401 g/mol. The third-order valence-electron chi connectivity index (χ3n) is 3.97. The van der Waals surface area contributed by atoms with Crippen molar-refractivity contribution in [1.82, 2.24) is 19.6 Å². The van der Waals surface area contributed by atoms with Gasteiger partial charge in [-0.2, -0.15) is 4.98 Å². The molecule has 4 aromatic rings. The second-order valence-electron chi connectivity index (χ2n) is 5.52. The summed E-state index contributed by atoms with van der Waals surface area (Å²) in [5.41, 5.74) is 1.96. The Kier molecular flexibility index (Phi) is 3.66. The molecule has 0 bridgehead atoms. The van der Waals surface area contributed by atoms with Crippen molar-refractivity contribution in [1.29, 1.82) is 0 Å². The van der Waals surface area contributed by atoms with Gasteiger partial charge in [-0.1, -0.05) is 33.6 Å². The maximum atomic E-state index is 6.21. The van der Waals surface area contributed by atoms with E-state index < -0.39 is 0 Å². The van der Waals surface area contributed by atoms with Gasteiger partial charge < -0.3 is 4.90 Å². The van der Waals surface area contributed by atoms with Crippen molar-refractivity contribution in [3.63, 3.8) is 0 Å². The van der Waals surface area contributed by atoms with Crippen LogP contribution in [0.4, 0.5) is 11.5 Å². The van der Waals surface area contributed by atoms with Crippen molar-refractivity contribution in [3.05, 3.63) is 57.8 Å². The number of benzene rings is 2. The predicted molar refractivity (Wildman–Crippen MR) is 100 cm³/mol. The molecule has 5 nitrogen and oxygen atoms in total. The predicted octanol–water partition coefficient (Wildman–Crippen LogP) is 4.77. The molecule has 0 fully saturated rings. The fourth-order valence-corrected chi connectivity index (χ4v) is 3.36. The van der Waals surface area contributed by atoms with Crippen molar-refractivity contribution in [2.24, 2.45) is 0 Å². The lowest BCUT2D eigenvalue weighted by molar-refractivity contribution is 1.02. The summed E-state index contributed by atoms with van der Waals surface area (Å²) < 4.78 is 2.93. The number of hydrogen-bond donors (Lipinski definition) is 0. The van der Waals surface area contributed by atoms with Crippen LogP contribution in [0.2, 0.25) is 5.02 Å². The van der Waals surface area contributed by atoms with E-state index in [4.69, 9.17) is 16.6 Å². The van der Waals surface area contributed by atoms with Crippen LogP contribution < -0.4 is 4.90 Å². The zero-order valence-electron chi connectivity index (χ0n) is 13.0. The standard InChI is InChI=1S/C17H13BrClN5/c1-10-21-22-17-20-16(23(2)13-5-3-4-11(18)8-13)14-7-6-12(19)9-15(14)24(10)17/h3-9H,1-2H3. The molecule has 2 aromatic heterocycles. The first-order valence-electron chi connectivity index (χ1n) is 7.35. The van der Waals surface area contributed by atoms with E-state index in [1.165, 1.54) is 0 Å². The van der Waals surface area contributed by atoms with Gasteiger partial charge in [-0.15, -0.1) is 10.2 Å². The van der Waals surface area contributed by atoms with Crippen LogP contribution in [0.25, 0.3) is 16.7 Å². The molecule has 0 unspecified atom stereocenters. The van der Waals surface area contributed by atoms with Gasteiger partial charge in [0.2, 0.25) is 0 Å². The Bertz CT molecular complexity index is 1080. The summed E-state index contributed by atoms with van der Waals surface area (Å²) in [6.07, 6.45) is 0. The number of halogens is 2. The summed E-state index contributed by atoms with van der Waals surface area (Å²) in [7, 11) is 1.98. The molecule has 0 atom stereocenters. The second-order valence-corrected chi connectivity index (χ2v) is 6.87. The van der Waals surface area contributed by atoms with Crippen LogP contribution in [0.15, 0.2) is 46.9 Å². The zero-order valence-corrected chi connectivity index (χ0v) is 15.4. The average molecular weight is 403 g/mol. The summed E-state index contributed by atoms with van der Waals surface area (Å²) in [6, 6.07) is 13.8. The van der Waals surface area contributed by atoms with E-state index in [1.807, 2.05) is 65.7 Å². The van der Waals surface area contributed by atoms with Gasteiger partial charge in [0.25, 0.3) is 5.78 Å². The number of aromatic nitrogens is 4. The van der Waals surface area contributed by atoms with E-state index in [0.29, 0.717) is 10.8 Å². The maximum absolute atomic E-state index is 6.21. The van der Waals surface area contributed by atoms with Gasteiger partial charge in [0.1, 0.15) is 11.6 Å². The Morgan fingerprint density at radius 1 is 1.12 bits per heavy atom. The normalized spacial score (nSPS) is 11.3. The molecule has 2 aromatic carbocycles. The summed E-state index contributed by atoms with van der Waals surface area (Å²) >= 11 is 9.73. The van der Waals surface area contributed by atoms with Crippen molar-refractivity contribution < 1.29 is 0 Å². The molecule has 0 radical (unpaired) electrons. The Hall–Kier alpha value is -2.18. The average Bonchev–Trinajstić information content (AvgIpc) is 2.94. The van der Waals surface area contributed by atoms with Crippen LogP contribution in [0.1, 0.15) is 5.82 Å². The molecular formula is C17H13BrClN5. The first kappa shape index (κ1) is 15.4. The summed E-state index contributed by atoms with van der Waals surface area (Å²) in [4.78, 5) is 6.75. The molecule has 0 N–H and O–H groups in total. The minimum atomic E-state index is 0.555. The largest absolute Gasteiger partial charge is 0.329 e. The highest BCUT2D eigenvalue weighted by Gasteiger charge is 2.16. The third kappa shape index (κ3) is 2.42. The fraction of sp³-hybridized carbons (Fsp3) is 0.118. The maximum Gasteiger partial charge on any atom is 0.257 e. The van der Waals surface area contributed by atoms with Crippen molar-refractivity contribution >= 4 is 55.7 Å². The van der Waals surface area contributed by atoms with Crippen LogP contribution in [-0.2, 0) is 0 Å². The topological polar surface area (TPSA) is 46.3 Å². The Labute approximate surface area is 152 Å². The van der Waals surface area contributed by atoms with E-state index >= 15 is 0 Å². The molecule has 0 saturated carbocycles. The van der Waals surface area contributed by atoms with Crippen molar-refractivity contribution in [2.75, 3.05) is 11.9 Å². The number of rotatable bonds is 2. The SMILES string of the molecule is Cc1nnc2nc(N(C)c3cccc(Br)c3)c3ccc(Cl)cc3n12. The molecule has 4 rings (SSSR count). The lowest BCUT2D eigenvalue weighted by Crippen LogP contribution is -2.13. The lowest BCUT2D eigenvalue weighted by Gasteiger charge is -2.21. The fourth-order valence-electron chi connectivity index (χ4n) is 2.80. The minimum Gasteiger partial charge on any atom is -0.329 e. The van der Waals surface area contributed by atoms with E-state index in [2.05, 4.69) is 26.1 Å². The summed E-state index contributed by atoms with van der Waals surface area (Å²) in [6.45, 7) is 1.90. The highest BCUT2D eigenvalue weighted by molar-refractivity contribution is 9.10. The molecule has 0 saturated heterocycles. The Morgan fingerprint density at radius 2 is 1.96 bits per heavy atom. The summed E-state index contributed by atoms with van der Waals surface area (Å²) in [5.74, 6) is 2.14. The number of nitrogens with zero attached hydrogens (tertiary/aromatic N) is 5. The van der Waals surface area contributed by atoms with Gasteiger partial charge in [-0.25, -0.2) is 0 Å². The number of hydrogen-bond acceptors (Lipinski definition) is 4. The Balaban J connectivity index is 2.03. The van der Waals surface area contributed by atoms with Crippen molar-refractivity contribution in [2.45, 2.75) is 6.92 Å². The highest BCUT2D eigenvalue weighted by Crippen LogP contribution is 2.32. The van der Waals surface area contributed by atoms with E-state index in [1.54, 1.807) is 0 Å². The molecule has 0 aliphatic heterocycles. The van der Waals surface area contributed by atoms with Crippen LogP contribution in [0, 0.1) is 6.92 Å². The van der Waals surface area contributed by atoms with Crippen LogP contribution >= 0.6 is 27.5 Å². The quantitative estimate of drug-likeness (QED) is 0.484. The Morgan fingerprint density at radius 3 is 2.75 bits per heavy atom. The zero-order chi connectivity index (χ0) is 16.8. The van der Waals surface area contributed by atoms with Crippen molar-refractivity contribution in [3.8, 4) is 0 Å². The first-order valence-corrected chi connectivity index (χ1v) is 8.52. The van der Waals surface area contributed by atoms with Crippen LogP contribution in [0.5, 0.6) is 0 Å². The number of aryl methyl sites for hydroxylation is 1. The van der Waals surface area contributed by atoms with Gasteiger partial charge in [0.05, 0.1) is 5.52 Å². The first-order chi connectivity index (χ1) is 11.5. The van der Waals surface area contributed by atoms with Crippen LogP contribution in [0.3, 0.4) is 0 Å². The number of anilines is 2. The molecular weight excluding hydrogens is 390 g/mol. The highest BCUT2D eigenvalue weighted by atomic mass is 79.9. The number of fused-ring (bicyclic) bond motifs is 3. The van der Waals surface area contributed by atoms with E-state index in [-0.39, 0.29) is 0 Å². The molecule has 0 aliphatic rings. The van der Waals surface area contributed by atoms with Gasteiger partial charge >= 0.3 is 0 Å². The second kappa shape index (κ2) is 5.72. The third-order valence-corrected chi connectivity index (χ3v) is 4.70. The van der Waals surface area contributed by atoms with Gasteiger partial charge in [0, 0.05) is 27.6 Å².